The lowest BCUT2D eigenvalue weighted by Crippen LogP contribution is -2.32. The summed E-state index contributed by atoms with van der Waals surface area (Å²) in [5.41, 5.74) is 4.73. The molecule has 0 radical (unpaired) electrons. The normalized spacial score (nSPS) is 29.5. The van der Waals surface area contributed by atoms with Crippen LogP contribution < -0.4 is 17.0 Å². The van der Waals surface area contributed by atoms with Gasteiger partial charge in [-0.2, -0.15) is 0 Å². The van der Waals surface area contributed by atoms with E-state index < -0.39 is 23.6 Å². The predicted octanol–water partition coefficient (Wildman–Crippen LogP) is -1.86. The number of aliphatic hydroxyl groups excluding tert-OH is 1. The van der Waals surface area contributed by atoms with E-state index in [2.05, 4.69) is 4.98 Å². The number of aliphatic hydroxyl groups is 1. The minimum absolute atomic E-state index is 0.185. The number of hydrogen-bond acceptors (Lipinski definition) is 5. The molecule has 0 aromatic carbocycles. The van der Waals surface area contributed by atoms with Crippen LogP contribution in [0.15, 0.2) is 21.9 Å². The van der Waals surface area contributed by atoms with E-state index in [-0.39, 0.29) is 12.6 Å². The molecule has 0 aliphatic carbocycles. The summed E-state index contributed by atoms with van der Waals surface area (Å²) in [4.78, 5) is 24.5. The van der Waals surface area contributed by atoms with Crippen LogP contribution in [0.4, 0.5) is 0 Å². The second-order valence-corrected chi connectivity index (χ2v) is 3.73. The van der Waals surface area contributed by atoms with Crippen molar-refractivity contribution in [3.05, 3.63) is 33.1 Å². The highest BCUT2D eigenvalue weighted by molar-refractivity contribution is 4.89. The topological polar surface area (TPSA) is 110 Å². The molecule has 0 bridgehead atoms. The molecule has 2 heterocycles. The minimum atomic E-state index is -0.539. The van der Waals surface area contributed by atoms with Crippen molar-refractivity contribution in [1.82, 2.24) is 9.55 Å². The highest BCUT2D eigenvalue weighted by atomic mass is 16.5. The fourth-order valence-corrected chi connectivity index (χ4v) is 1.75. The lowest BCUT2D eigenvalue weighted by molar-refractivity contribution is -0.0271. The first-order valence-corrected chi connectivity index (χ1v) is 4.95. The monoisotopic (exact) mass is 227 g/mol. The average molecular weight is 227 g/mol. The summed E-state index contributed by atoms with van der Waals surface area (Å²) < 4.78 is 6.66. The lowest BCUT2D eigenvalue weighted by Gasteiger charge is -2.13. The number of nitrogens with zero attached hydrogens (tertiary/aromatic N) is 1. The fraction of sp³-hybridized carbons (Fsp3) is 0.556. The Balaban J connectivity index is 2.27. The number of aromatic nitrogens is 2. The maximum absolute atomic E-state index is 11.5. The predicted molar refractivity (Wildman–Crippen MR) is 54.9 cm³/mol. The number of rotatable bonds is 2. The van der Waals surface area contributed by atoms with Crippen LogP contribution in [-0.4, -0.2) is 33.4 Å². The molecule has 1 aliphatic rings. The second-order valence-electron chi connectivity index (χ2n) is 3.73. The molecule has 2 rings (SSSR count). The van der Waals surface area contributed by atoms with Gasteiger partial charge in [0.15, 0.2) is 0 Å². The third-order valence-corrected chi connectivity index (χ3v) is 2.62. The van der Waals surface area contributed by atoms with E-state index in [1.807, 2.05) is 0 Å². The van der Waals surface area contributed by atoms with Crippen molar-refractivity contribution in [2.75, 3.05) is 6.61 Å². The molecule has 3 atom stereocenters. The number of nitrogens with one attached hydrogen (secondary N) is 1. The number of H-pyrrole nitrogens is 1. The van der Waals surface area contributed by atoms with E-state index in [9.17, 15) is 9.59 Å². The Labute approximate surface area is 90.5 Å². The summed E-state index contributed by atoms with van der Waals surface area (Å²) in [6.45, 7) is -0.185. The second kappa shape index (κ2) is 4.20. The third-order valence-electron chi connectivity index (χ3n) is 2.62. The van der Waals surface area contributed by atoms with Gasteiger partial charge in [0.2, 0.25) is 0 Å². The maximum Gasteiger partial charge on any atom is 0.330 e. The van der Waals surface area contributed by atoms with Gasteiger partial charge in [0.05, 0.1) is 12.7 Å². The molecule has 16 heavy (non-hydrogen) atoms. The van der Waals surface area contributed by atoms with Crippen LogP contribution in [0.5, 0.6) is 0 Å². The van der Waals surface area contributed by atoms with Crippen molar-refractivity contribution in [1.29, 1.82) is 0 Å². The summed E-state index contributed by atoms with van der Waals surface area (Å²) in [6, 6.07) is 0.927. The highest BCUT2D eigenvalue weighted by Crippen LogP contribution is 2.25. The summed E-state index contributed by atoms with van der Waals surface area (Å²) in [6.07, 6.45) is 0.787. The number of aromatic amines is 1. The number of hydrogen-bond donors (Lipinski definition) is 3. The summed E-state index contributed by atoms with van der Waals surface area (Å²) in [7, 11) is 0. The van der Waals surface area contributed by atoms with Crippen LogP contribution >= 0.6 is 0 Å². The molecule has 1 aromatic heterocycles. The Kier molecular flexibility index (Phi) is 2.90. The van der Waals surface area contributed by atoms with E-state index >= 15 is 0 Å². The summed E-state index contributed by atoms with van der Waals surface area (Å²) in [5.74, 6) is 0. The smallest absolute Gasteiger partial charge is 0.330 e. The van der Waals surface area contributed by atoms with Gasteiger partial charge in [0.25, 0.3) is 5.56 Å². The molecule has 1 fully saturated rings. The van der Waals surface area contributed by atoms with Crippen LogP contribution in [0.3, 0.4) is 0 Å². The SMILES string of the molecule is NC1C[C@H](n2ccc(=O)[nH]c2=O)O[C@@H]1CO. The van der Waals surface area contributed by atoms with Gasteiger partial charge in [-0.25, -0.2) is 4.79 Å². The van der Waals surface area contributed by atoms with E-state index in [0.717, 1.165) is 0 Å². The van der Waals surface area contributed by atoms with Crippen LogP contribution in [0, 0.1) is 0 Å². The molecule has 1 aliphatic heterocycles. The summed E-state index contributed by atoms with van der Waals surface area (Å²) >= 11 is 0. The molecule has 7 nitrogen and oxygen atoms in total. The average Bonchev–Trinajstić information content (AvgIpc) is 2.59. The Bertz CT molecular complexity index is 480. The number of nitrogens with two attached hydrogens (primary N) is 1. The molecule has 1 saturated heterocycles. The van der Waals surface area contributed by atoms with Crippen LogP contribution in [0.2, 0.25) is 0 Å². The fourth-order valence-electron chi connectivity index (χ4n) is 1.75. The van der Waals surface area contributed by atoms with Crippen LogP contribution in [0.1, 0.15) is 12.6 Å². The Morgan fingerprint density at radius 2 is 2.38 bits per heavy atom. The number of ether oxygens (including phenoxy) is 1. The summed E-state index contributed by atoms with van der Waals surface area (Å²) in [5, 5.41) is 8.96. The Morgan fingerprint density at radius 1 is 1.62 bits per heavy atom. The van der Waals surface area contributed by atoms with E-state index in [4.69, 9.17) is 15.6 Å². The van der Waals surface area contributed by atoms with Gasteiger partial charge >= 0.3 is 5.69 Å². The van der Waals surface area contributed by atoms with Crippen molar-refractivity contribution in [3.63, 3.8) is 0 Å². The van der Waals surface area contributed by atoms with Crippen molar-refractivity contribution < 1.29 is 9.84 Å². The van der Waals surface area contributed by atoms with Crippen molar-refractivity contribution >= 4 is 0 Å². The first kappa shape index (κ1) is 11.1. The Morgan fingerprint density at radius 3 is 2.94 bits per heavy atom. The molecule has 1 aromatic rings. The zero-order chi connectivity index (χ0) is 11.7. The molecule has 1 unspecified atom stereocenters. The molecule has 0 spiro atoms. The molecule has 0 saturated carbocycles. The lowest BCUT2D eigenvalue weighted by atomic mass is 10.1. The molecule has 4 N–H and O–H groups in total. The molecular weight excluding hydrogens is 214 g/mol. The van der Waals surface area contributed by atoms with Gasteiger partial charge in [-0.05, 0) is 0 Å². The Hall–Kier alpha value is -1.44. The maximum atomic E-state index is 11.5. The highest BCUT2D eigenvalue weighted by Gasteiger charge is 2.33. The first-order valence-electron chi connectivity index (χ1n) is 4.95. The molecule has 7 heteroatoms. The zero-order valence-electron chi connectivity index (χ0n) is 8.50. The van der Waals surface area contributed by atoms with Gasteiger partial charge in [0.1, 0.15) is 6.23 Å². The van der Waals surface area contributed by atoms with E-state index in [1.54, 1.807) is 0 Å². The third kappa shape index (κ3) is 1.92. The van der Waals surface area contributed by atoms with E-state index in [1.165, 1.54) is 16.8 Å². The van der Waals surface area contributed by atoms with Crippen LogP contribution in [-0.2, 0) is 4.74 Å². The zero-order valence-corrected chi connectivity index (χ0v) is 8.50. The van der Waals surface area contributed by atoms with Crippen molar-refractivity contribution in [2.45, 2.75) is 24.8 Å². The van der Waals surface area contributed by atoms with Gasteiger partial charge < -0.3 is 15.6 Å². The van der Waals surface area contributed by atoms with Crippen molar-refractivity contribution in [3.8, 4) is 0 Å². The first-order chi connectivity index (χ1) is 7.61. The molecular formula is C9H13N3O4. The van der Waals surface area contributed by atoms with Gasteiger partial charge in [0, 0.05) is 24.7 Å². The standard InChI is InChI=1S/C9H13N3O4/c10-5-3-8(16-6(5)4-13)12-2-1-7(14)11-9(12)15/h1-2,5-6,8,13H,3-4,10H2,(H,11,14,15)/t5?,6-,8-/m1/s1. The largest absolute Gasteiger partial charge is 0.394 e. The van der Waals surface area contributed by atoms with Gasteiger partial charge in [-0.1, -0.05) is 0 Å². The van der Waals surface area contributed by atoms with Crippen molar-refractivity contribution in [2.24, 2.45) is 5.73 Å². The van der Waals surface area contributed by atoms with Gasteiger partial charge in [-0.3, -0.25) is 14.3 Å². The van der Waals surface area contributed by atoms with Gasteiger partial charge in [-0.15, -0.1) is 0 Å². The minimum Gasteiger partial charge on any atom is -0.394 e. The molecule has 88 valence electrons. The van der Waals surface area contributed by atoms with Crippen LogP contribution in [0.25, 0.3) is 0 Å². The quantitative estimate of drug-likeness (QED) is 0.549. The van der Waals surface area contributed by atoms with E-state index in [0.29, 0.717) is 6.42 Å². The molecule has 0 amide bonds.